The van der Waals surface area contributed by atoms with Crippen LogP contribution in [-0.4, -0.2) is 77.1 Å². The number of carbonyl (C=O) groups is 2. The van der Waals surface area contributed by atoms with Crippen LogP contribution in [0.25, 0.3) is 0 Å². The summed E-state index contributed by atoms with van der Waals surface area (Å²) in [5, 5.41) is 4.51. The summed E-state index contributed by atoms with van der Waals surface area (Å²) in [7, 11) is 5.59. The molecule has 0 bridgehead atoms. The minimum Gasteiger partial charge on any atom is -0.496 e. The second-order valence-corrected chi connectivity index (χ2v) is 8.69. The van der Waals surface area contributed by atoms with Crippen LogP contribution in [0.1, 0.15) is 32.1 Å². The molecule has 0 N–H and O–H groups in total. The molecule has 8 nitrogen and oxygen atoms in total. The molecule has 0 fully saturated rings. The number of ether oxygens (including phenoxy) is 1. The molecule has 0 saturated carbocycles. The molecule has 0 unspecified atom stereocenters. The fraction of sp³-hybridized carbons (Fsp3) is 0.346. The highest BCUT2D eigenvalue weighted by Crippen LogP contribution is 2.23. The third-order valence-corrected chi connectivity index (χ3v) is 5.96. The summed E-state index contributed by atoms with van der Waals surface area (Å²) in [5.74, 6) is 0.450. The van der Waals surface area contributed by atoms with Crippen molar-refractivity contribution in [1.82, 2.24) is 24.5 Å². The summed E-state index contributed by atoms with van der Waals surface area (Å²) >= 11 is 0. The van der Waals surface area contributed by atoms with E-state index in [0.717, 1.165) is 23.4 Å². The standard InChI is InChI=1S/C26H31N5O3/c1-28(2)13-14-29(18-20-9-5-4-6-10-20)25(32)22-17-23-26(33)30(15-16-31(23)27-22)19-21-11-7-8-12-24(21)34-3/h4-12,17H,13-16,18-19H2,1-3H3. The molecule has 2 heterocycles. The Labute approximate surface area is 200 Å². The Kier molecular flexibility index (Phi) is 7.27. The number of carbonyl (C=O) groups excluding carboxylic acids is 2. The van der Waals surface area contributed by atoms with Crippen LogP contribution in [-0.2, 0) is 19.6 Å². The Morgan fingerprint density at radius 2 is 1.76 bits per heavy atom. The maximum atomic E-state index is 13.4. The third-order valence-electron chi connectivity index (χ3n) is 5.96. The molecule has 0 aliphatic carbocycles. The number of methoxy groups -OCH3 is 1. The minimum atomic E-state index is -0.170. The zero-order valence-electron chi connectivity index (χ0n) is 20.0. The third kappa shape index (κ3) is 5.28. The summed E-state index contributed by atoms with van der Waals surface area (Å²) < 4.78 is 7.09. The molecular weight excluding hydrogens is 430 g/mol. The minimum absolute atomic E-state index is 0.133. The Bertz CT molecular complexity index is 1140. The number of likely N-dealkylation sites (N-methyl/N-ethyl adjacent to an activating group) is 1. The van der Waals surface area contributed by atoms with E-state index in [1.807, 2.05) is 73.6 Å². The average molecular weight is 462 g/mol. The molecule has 0 spiro atoms. The van der Waals surface area contributed by atoms with E-state index >= 15 is 0 Å². The van der Waals surface area contributed by atoms with E-state index < -0.39 is 0 Å². The highest BCUT2D eigenvalue weighted by Gasteiger charge is 2.30. The molecule has 4 rings (SSSR count). The van der Waals surface area contributed by atoms with E-state index in [-0.39, 0.29) is 11.8 Å². The Balaban J connectivity index is 1.53. The van der Waals surface area contributed by atoms with Crippen LogP contribution in [0.3, 0.4) is 0 Å². The average Bonchev–Trinajstić information content (AvgIpc) is 3.29. The van der Waals surface area contributed by atoms with Crippen LogP contribution < -0.4 is 4.74 Å². The monoisotopic (exact) mass is 461 g/mol. The SMILES string of the molecule is COc1ccccc1CN1CCn2nc(C(=O)N(CCN(C)C)Cc3ccccc3)cc2C1=O. The van der Waals surface area contributed by atoms with Crippen molar-refractivity contribution in [3.8, 4) is 5.75 Å². The lowest BCUT2D eigenvalue weighted by molar-refractivity contribution is 0.0678. The van der Waals surface area contributed by atoms with Crippen molar-refractivity contribution in [3.63, 3.8) is 0 Å². The quantitative estimate of drug-likeness (QED) is 0.490. The van der Waals surface area contributed by atoms with Crippen molar-refractivity contribution in [2.24, 2.45) is 0 Å². The maximum Gasteiger partial charge on any atom is 0.274 e. The van der Waals surface area contributed by atoms with E-state index in [0.29, 0.717) is 44.1 Å². The van der Waals surface area contributed by atoms with Gasteiger partial charge in [-0.2, -0.15) is 5.10 Å². The largest absolute Gasteiger partial charge is 0.496 e. The van der Waals surface area contributed by atoms with Gasteiger partial charge in [0.15, 0.2) is 5.69 Å². The lowest BCUT2D eigenvalue weighted by Crippen LogP contribution is -2.39. The highest BCUT2D eigenvalue weighted by molar-refractivity contribution is 5.98. The molecule has 0 saturated heterocycles. The smallest absolute Gasteiger partial charge is 0.274 e. The van der Waals surface area contributed by atoms with E-state index in [1.54, 1.807) is 27.7 Å². The van der Waals surface area contributed by atoms with Gasteiger partial charge in [0.1, 0.15) is 11.4 Å². The van der Waals surface area contributed by atoms with Crippen LogP contribution in [0.5, 0.6) is 5.75 Å². The molecule has 178 valence electrons. The first kappa shape index (κ1) is 23.5. The molecule has 1 aliphatic rings. The van der Waals surface area contributed by atoms with Crippen LogP contribution in [0.15, 0.2) is 60.7 Å². The van der Waals surface area contributed by atoms with Gasteiger partial charge >= 0.3 is 0 Å². The number of hydrogen-bond acceptors (Lipinski definition) is 5. The van der Waals surface area contributed by atoms with Gasteiger partial charge in [-0.25, -0.2) is 0 Å². The van der Waals surface area contributed by atoms with Crippen molar-refractivity contribution in [3.05, 3.63) is 83.2 Å². The van der Waals surface area contributed by atoms with Gasteiger partial charge in [-0.3, -0.25) is 14.3 Å². The first-order valence-electron chi connectivity index (χ1n) is 11.4. The normalized spacial score (nSPS) is 13.2. The number of nitrogens with zero attached hydrogens (tertiary/aromatic N) is 5. The summed E-state index contributed by atoms with van der Waals surface area (Å²) in [6.07, 6.45) is 0. The van der Waals surface area contributed by atoms with Crippen molar-refractivity contribution >= 4 is 11.8 Å². The number of amides is 2. The van der Waals surface area contributed by atoms with Crippen molar-refractivity contribution in [2.45, 2.75) is 19.6 Å². The van der Waals surface area contributed by atoms with Gasteiger partial charge in [0, 0.05) is 44.4 Å². The highest BCUT2D eigenvalue weighted by atomic mass is 16.5. The van der Waals surface area contributed by atoms with Gasteiger partial charge < -0.3 is 19.4 Å². The van der Waals surface area contributed by atoms with E-state index in [9.17, 15) is 9.59 Å². The van der Waals surface area contributed by atoms with Gasteiger partial charge in [0.05, 0.1) is 13.7 Å². The second-order valence-electron chi connectivity index (χ2n) is 8.69. The zero-order chi connectivity index (χ0) is 24.1. The lowest BCUT2D eigenvalue weighted by Gasteiger charge is -2.28. The maximum absolute atomic E-state index is 13.4. The molecule has 3 aromatic rings. The molecule has 2 amide bonds. The van der Waals surface area contributed by atoms with E-state index in [1.165, 1.54) is 0 Å². The van der Waals surface area contributed by atoms with Crippen molar-refractivity contribution in [2.75, 3.05) is 40.8 Å². The molecule has 2 aromatic carbocycles. The Morgan fingerprint density at radius 1 is 1.03 bits per heavy atom. The number of hydrogen-bond donors (Lipinski definition) is 0. The summed E-state index contributed by atoms with van der Waals surface area (Å²) in [6.45, 7) is 3.30. The molecule has 1 aliphatic heterocycles. The fourth-order valence-electron chi connectivity index (χ4n) is 4.07. The molecule has 8 heteroatoms. The van der Waals surface area contributed by atoms with Crippen LogP contribution in [0.4, 0.5) is 0 Å². The van der Waals surface area contributed by atoms with Gasteiger partial charge in [-0.05, 0) is 25.7 Å². The van der Waals surface area contributed by atoms with Crippen molar-refractivity contribution in [1.29, 1.82) is 0 Å². The van der Waals surface area contributed by atoms with E-state index in [4.69, 9.17) is 4.74 Å². The fourth-order valence-corrected chi connectivity index (χ4v) is 4.07. The summed E-state index contributed by atoms with van der Waals surface area (Å²) in [5.41, 5.74) is 2.74. The number of benzene rings is 2. The summed E-state index contributed by atoms with van der Waals surface area (Å²) in [4.78, 5) is 32.3. The molecule has 1 aromatic heterocycles. The second kappa shape index (κ2) is 10.5. The van der Waals surface area contributed by atoms with Gasteiger partial charge in [-0.15, -0.1) is 0 Å². The number of para-hydroxylation sites is 1. The predicted molar refractivity (Wildman–Crippen MR) is 130 cm³/mol. The van der Waals surface area contributed by atoms with Crippen LogP contribution in [0.2, 0.25) is 0 Å². The molecular formula is C26H31N5O3. The Hall–Kier alpha value is -3.65. The van der Waals surface area contributed by atoms with E-state index in [2.05, 4.69) is 5.10 Å². The first-order valence-corrected chi connectivity index (χ1v) is 11.4. The molecule has 0 atom stereocenters. The number of aromatic nitrogens is 2. The molecule has 34 heavy (non-hydrogen) atoms. The topological polar surface area (TPSA) is 70.9 Å². The van der Waals surface area contributed by atoms with Gasteiger partial charge in [-0.1, -0.05) is 48.5 Å². The lowest BCUT2D eigenvalue weighted by atomic mass is 10.1. The van der Waals surface area contributed by atoms with Crippen LogP contribution in [0, 0.1) is 0 Å². The number of rotatable bonds is 9. The van der Waals surface area contributed by atoms with Crippen molar-refractivity contribution < 1.29 is 14.3 Å². The van der Waals surface area contributed by atoms with Crippen LogP contribution >= 0.6 is 0 Å². The molecule has 0 radical (unpaired) electrons. The van der Waals surface area contributed by atoms with Gasteiger partial charge in [0.25, 0.3) is 11.8 Å². The Morgan fingerprint density at radius 3 is 2.50 bits per heavy atom. The van der Waals surface area contributed by atoms with Gasteiger partial charge in [0.2, 0.25) is 0 Å². The summed E-state index contributed by atoms with van der Waals surface area (Å²) in [6, 6.07) is 19.2. The predicted octanol–water partition coefficient (Wildman–Crippen LogP) is 2.75. The number of fused-ring (bicyclic) bond motifs is 1. The zero-order valence-corrected chi connectivity index (χ0v) is 20.0. The first-order chi connectivity index (χ1) is 16.5.